The Labute approximate surface area is 132 Å². The molecule has 1 N–H and O–H groups in total. The molecule has 3 heteroatoms. The minimum absolute atomic E-state index is 0.351. The maximum Gasteiger partial charge on any atom is 0.128 e. The predicted molar refractivity (Wildman–Crippen MR) is 89.5 cm³/mol. The number of rotatable bonds is 5. The summed E-state index contributed by atoms with van der Waals surface area (Å²) >= 11 is 6.18. The van der Waals surface area contributed by atoms with Crippen LogP contribution in [0.4, 0.5) is 0 Å². The summed E-state index contributed by atoms with van der Waals surface area (Å²) in [6.07, 6.45) is 0. The number of aryl methyl sites for hydroxylation is 2. The Morgan fingerprint density at radius 1 is 1.05 bits per heavy atom. The number of hydrogen-bond donors (Lipinski definition) is 1. The van der Waals surface area contributed by atoms with E-state index in [-0.39, 0.29) is 0 Å². The van der Waals surface area contributed by atoms with Crippen LogP contribution in [0.1, 0.15) is 36.6 Å². The van der Waals surface area contributed by atoms with Crippen LogP contribution in [0, 0.1) is 13.8 Å². The Balaban J connectivity index is 2.13. The van der Waals surface area contributed by atoms with Crippen molar-refractivity contribution in [3.8, 4) is 11.5 Å². The highest BCUT2D eigenvalue weighted by molar-refractivity contribution is 6.32. The van der Waals surface area contributed by atoms with Gasteiger partial charge < -0.3 is 10.1 Å². The standard InChI is InChI=1S/C18H22ClNO/c1-5-20-14(4)15-6-8-16(9-7-15)21-17-10-12(2)18(19)13(3)11-17/h6-11,14,20H,5H2,1-4H3. The third kappa shape index (κ3) is 3.99. The van der Waals surface area contributed by atoms with E-state index >= 15 is 0 Å². The number of halogens is 1. The monoisotopic (exact) mass is 303 g/mol. The highest BCUT2D eigenvalue weighted by Crippen LogP contribution is 2.29. The highest BCUT2D eigenvalue weighted by Gasteiger charge is 2.06. The molecule has 0 aliphatic carbocycles. The van der Waals surface area contributed by atoms with E-state index in [1.807, 2.05) is 38.1 Å². The molecule has 2 aromatic carbocycles. The van der Waals surface area contributed by atoms with E-state index in [9.17, 15) is 0 Å². The van der Waals surface area contributed by atoms with E-state index in [2.05, 4.69) is 31.3 Å². The molecule has 2 rings (SSSR count). The summed E-state index contributed by atoms with van der Waals surface area (Å²) in [5.74, 6) is 1.66. The predicted octanol–water partition coefficient (Wildman–Crippen LogP) is 5.42. The molecular formula is C18H22ClNO. The summed E-state index contributed by atoms with van der Waals surface area (Å²) in [4.78, 5) is 0. The zero-order chi connectivity index (χ0) is 15.4. The van der Waals surface area contributed by atoms with Crippen molar-refractivity contribution >= 4 is 11.6 Å². The number of nitrogens with one attached hydrogen (secondary N) is 1. The molecule has 21 heavy (non-hydrogen) atoms. The maximum absolute atomic E-state index is 6.18. The Hall–Kier alpha value is -1.51. The lowest BCUT2D eigenvalue weighted by Crippen LogP contribution is -2.17. The van der Waals surface area contributed by atoms with Crippen LogP contribution in [-0.4, -0.2) is 6.54 Å². The smallest absolute Gasteiger partial charge is 0.128 e. The molecule has 0 bridgehead atoms. The fraction of sp³-hybridized carbons (Fsp3) is 0.333. The zero-order valence-corrected chi connectivity index (χ0v) is 13.8. The topological polar surface area (TPSA) is 21.3 Å². The van der Waals surface area contributed by atoms with Gasteiger partial charge in [-0.3, -0.25) is 0 Å². The minimum Gasteiger partial charge on any atom is -0.457 e. The van der Waals surface area contributed by atoms with Gasteiger partial charge in [0.05, 0.1) is 0 Å². The lowest BCUT2D eigenvalue weighted by Gasteiger charge is -2.14. The SMILES string of the molecule is CCNC(C)c1ccc(Oc2cc(C)c(Cl)c(C)c2)cc1. The number of ether oxygens (including phenoxy) is 1. The van der Waals surface area contributed by atoms with Gasteiger partial charge in [-0.25, -0.2) is 0 Å². The van der Waals surface area contributed by atoms with Gasteiger partial charge in [-0.15, -0.1) is 0 Å². The van der Waals surface area contributed by atoms with Crippen LogP contribution in [0.25, 0.3) is 0 Å². The largest absolute Gasteiger partial charge is 0.457 e. The molecule has 0 saturated carbocycles. The van der Waals surface area contributed by atoms with Crippen molar-refractivity contribution in [3.63, 3.8) is 0 Å². The van der Waals surface area contributed by atoms with Gasteiger partial charge in [-0.2, -0.15) is 0 Å². The molecule has 112 valence electrons. The van der Waals surface area contributed by atoms with Crippen molar-refractivity contribution in [1.29, 1.82) is 0 Å². The van der Waals surface area contributed by atoms with Crippen molar-refractivity contribution in [3.05, 3.63) is 58.1 Å². The Kier molecular flexibility index (Phi) is 5.27. The summed E-state index contributed by atoms with van der Waals surface area (Å²) < 4.78 is 5.91. The molecule has 0 radical (unpaired) electrons. The summed E-state index contributed by atoms with van der Waals surface area (Å²) in [7, 11) is 0. The Morgan fingerprint density at radius 2 is 1.62 bits per heavy atom. The van der Waals surface area contributed by atoms with Crippen LogP contribution in [0.2, 0.25) is 5.02 Å². The van der Waals surface area contributed by atoms with E-state index in [1.165, 1.54) is 5.56 Å². The lowest BCUT2D eigenvalue weighted by atomic mass is 10.1. The van der Waals surface area contributed by atoms with Gasteiger partial charge in [-0.1, -0.05) is 30.7 Å². The van der Waals surface area contributed by atoms with Gasteiger partial charge in [0.15, 0.2) is 0 Å². The summed E-state index contributed by atoms with van der Waals surface area (Å²) in [6, 6.07) is 12.5. The van der Waals surface area contributed by atoms with Gasteiger partial charge in [0, 0.05) is 11.1 Å². The van der Waals surface area contributed by atoms with Crippen molar-refractivity contribution in [1.82, 2.24) is 5.32 Å². The van der Waals surface area contributed by atoms with Gasteiger partial charge in [0.25, 0.3) is 0 Å². The summed E-state index contributed by atoms with van der Waals surface area (Å²) in [5.41, 5.74) is 3.32. The van der Waals surface area contributed by atoms with E-state index < -0.39 is 0 Å². The van der Waals surface area contributed by atoms with Gasteiger partial charge in [-0.05, 0) is 68.3 Å². The van der Waals surface area contributed by atoms with Crippen LogP contribution in [-0.2, 0) is 0 Å². The molecule has 0 saturated heterocycles. The maximum atomic E-state index is 6.18. The second-order valence-corrected chi connectivity index (χ2v) is 5.70. The second-order valence-electron chi connectivity index (χ2n) is 5.32. The quantitative estimate of drug-likeness (QED) is 0.796. The lowest BCUT2D eigenvalue weighted by molar-refractivity contribution is 0.481. The molecule has 1 unspecified atom stereocenters. The molecule has 0 spiro atoms. The number of hydrogen-bond acceptors (Lipinski definition) is 2. The fourth-order valence-corrected chi connectivity index (χ4v) is 2.46. The first-order chi connectivity index (χ1) is 10.0. The van der Waals surface area contributed by atoms with Crippen LogP contribution >= 0.6 is 11.6 Å². The van der Waals surface area contributed by atoms with Gasteiger partial charge >= 0.3 is 0 Å². The Morgan fingerprint density at radius 3 is 2.14 bits per heavy atom. The third-order valence-electron chi connectivity index (χ3n) is 3.54. The second kappa shape index (κ2) is 6.97. The molecular weight excluding hydrogens is 282 g/mol. The van der Waals surface area contributed by atoms with Crippen LogP contribution in [0.5, 0.6) is 11.5 Å². The molecule has 0 heterocycles. The van der Waals surface area contributed by atoms with E-state index in [0.29, 0.717) is 6.04 Å². The highest BCUT2D eigenvalue weighted by atomic mass is 35.5. The van der Waals surface area contributed by atoms with E-state index in [0.717, 1.165) is 34.2 Å². The average molecular weight is 304 g/mol. The Bertz CT molecular complexity index is 584. The van der Waals surface area contributed by atoms with Gasteiger partial charge in [0.1, 0.15) is 11.5 Å². The normalized spacial score (nSPS) is 12.2. The molecule has 0 aliphatic heterocycles. The first kappa shape index (κ1) is 15.9. The van der Waals surface area contributed by atoms with Crippen molar-refractivity contribution in [2.24, 2.45) is 0 Å². The van der Waals surface area contributed by atoms with E-state index in [1.54, 1.807) is 0 Å². The summed E-state index contributed by atoms with van der Waals surface area (Å²) in [6.45, 7) is 9.21. The van der Waals surface area contributed by atoms with Crippen molar-refractivity contribution in [2.75, 3.05) is 6.54 Å². The first-order valence-corrected chi connectivity index (χ1v) is 7.67. The molecule has 2 aromatic rings. The molecule has 0 aromatic heterocycles. The third-order valence-corrected chi connectivity index (χ3v) is 4.13. The molecule has 2 nitrogen and oxygen atoms in total. The summed E-state index contributed by atoms with van der Waals surface area (Å²) in [5, 5.41) is 4.20. The molecule has 0 aliphatic rings. The molecule has 0 fully saturated rings. The molecule has 0 amide bonds. The van der Waals surface area contributed by atoms with Crippen molar-refractivity contribution in [2.45, 2.75) is 33.7 Å². The van der Waals surface area contributed by atoms with Crippen molar-refractivity contribution < 1.29 is 4.74 Å². The van der Waals surface area contributed by atoms with Crippen LogP contribution in [0.15, 0.2) is 36.4 Å². The van der Waals surface area contributed by atoms with Gasteiger partial charge in [0.2, 0.25) is 0 Å². The van der Waals surface area contributed by atoms with E-state index in [4.69, 9.17) is 16.3 Å². The first-order valence-electron chi connectivity index (χ1n) is 7.29. The van der Waals surface area contributed by atoms with Crippen LogP contribution < -0.4 is 10.1 Å². The van der Waals surface area contributed by atoms with Crippen LogP contribution in [0.3, 0.4) is 0 Å². The zero-order valence-electron chi connectivity index (χ0n) is 13.0. The number of benzene rings is 2. The average Bonchev–Trinajstić information content (AvgIpc) is 2.45. The molecule has 1 atom stereocenters. The minimum atomic E-state index is 0.351. The fourth-order valence-electron chi connectivity index (χ4n) is 2.35.